The van der Waals surface area contributed by atoms with Crippen molar-refractivity contribution in [2.24, 2.45) is 0 Å². The van der Waals surface area contributed by atoms with Crippen molar-refractivity contribution in [3.63, 3.8) is 0 Å². The zero-order chi connectivity index (χ0) is 11.4. The smallest absolute Gasteiger partial charge is 0.144 e. The molecule has 0 spiro atoms. The van der Waals surface area contributed by atoms with Gasteiger partial charge in [0.1, 0.15) is 18.1 Å². The number of benzene rings is 1. The van der Waals surface area contributed by atoms with Gasteiger partial charge in [0.05, 0.1) is 5.69 Å². The summed E-state index contributed by atoms with van der Waals surface area (Å²) in [6.45, 7) is 2.07. The lowest BCUT2D eigenvalue weighted by molar-refractivity contribution is 0.856. The number of hydrogen-bond donors (Lipinski definition) is 0. The van der Waals surface area contributed by atoms with E-state index in [-0.39, 0.29) is 5.92 Å². The second-order valence-electron chi connectivity index (χ2n) is 3.57. The van der Waals surface area contributed by atoms with Crippen LogP contribution in [-0.2, 0) is 0 Å². The van der Waals surface area contributed by atoms with Crippen LogP contribution in [0, 0.1) is 11.3 Å². The van der Waals surface area contributed by atoms with Gasteiger partial charge in [0.15, 0.2) is 0 Å². The Balaban J connectivity index is 2.35. The highest BCUT2D eigenvalue weighted by Crippen LogP contribution is 2.21. The van der Waals surface area contributed by atoms with E-state index in [1.807, 2.05) is 24.3 Å². The highest BCUT2D eigenvalue weighted by molar-refractivity contribution is 5.30. The average molecular weight is 209 g/mol. The zero-order valence-corrected chi connectivity index (χ0v) is 8.96. The van der Waals surface area contributed by atoms with Gasteiger partial charge in [0.2, 0.25) is 0 Å². The van der Waals surface area contributed by atoms with Crippen molar-refractivity contribution >= 4 is 0 Å². The first-order valence-corrected chi connectivity index (χ1v) is 5.08. The third kappa shape index (κ3) is 2.06. The Morgan fingerprint density at radius 1 is 1.19 bits per heavy atom. The molecule has 1 aromatic heterocycles. The van der Waals surface area contributed by atoms with Crippen molar-refractivity contribution in [1.29, 1.82) is 5.26 Å². The minimum atomic E-state index is 0.177. The van der Waals surface area contributed by atoms with Crippen LogP contribution in [0.15, 0.2) is 42.7 Å². The Bertz CT molecular complexity index is 514. The van der Waals surface area contributed by atoms with Crippen LogP contribution in [-0.4, -0.2) is 9.97 Å². The second kappa shape index (κ2) is 4.54. The van der Waals surface area contributed by atoms with Gasteiger partial charge >= 0.3 is 0 Å². The van der Waals surface area contributed by atoms with Crippen LogP contribution in [0.3, 0.4) is 0 Å². The van der Waals surface area contributed by atoms with E-state index < -0.39 is 0 Å². The molecule has 16 heavy (non-hydrogen) atoms. The lowest BCUT2D eigenvalue weighted by atomic mass is 9.97. The molecule has 0 unspecified atom stereocenters. The Kier molecular flexibility index (Phi) is 2.93. The fraction of sp³-hybridized carbons (Fsp3) is 0.154. The summed E-state index contributed by atoms with van der Waals surface area (Å²) in [6, 6.07) is 13.8. The first kappa shape index (κ1) is 10.3. The van der Waals surface area contributed by atoms with Crippen LogP contribution >= 0.6 is 0 Å². The number of aromatic nitrogens is 2. The van der Waals surface area contributed by atoms with Crippen molar-refractivity contribution in [1.82, 2.24) is 9.97 Å². The molecule has 2 rings (SSSR count). The molecule has 0 aliphatic carbocycles. The summed E-state index contributed by atoms with van der Waals surface area (Å²) in [7, 11) is 0. The topological polar surface area (TPSA) is 49.6 Å². The minimum Gasteiger partial charge on any atom is -0.241 e. The van der Waals surface area contributed by atoms with Crippen LogP contribution < -0.4 is 0 Å². The maximum atomic E-state index is 8.77. The molecule has 0 saturated carbocycles. The van der Waals surface area contributed by atoms with Crippen molar-refractivity contribution < 1.29 is 0 Å². The summed E-state index contributed by atoms with van der Waals surface area (Å²) in [5, 5.41) is 8.77. The molecule has 0 saturated heterocycles. The normalized spacial score (nSPS) is 11.8. The number of nitriles is 1. The lowest BCUT2D eigenvalue weighted by Gasteiger charge is -2.10. The van der Waals surface area contributed by atoms with Gasteiger partial charge in [-0.05, 0) is 11.6 Å². The van der Waals surface area contributed by atoms with Crippen LogP contribution in [0.2, 0.25) is 0 Å². The molecule has 0 radical (unpaired) electrons. The van der Waals surface area contributed by atoms with Gasteiger partial charge in [-0.1, -0.05) is 37.3 Å². The fourth-order valence-electron chi connectivity index (χ4n) is 1.58. The zero-order valence-electron chi connectivity index (χ0n) is 8.96. The third-order valence-corrected chi connectivity index (χ3v) is 2.55. The van der Waals surface area contributed by atoms with Gasteiger partial charge in [0.25, 0.3) is 0 Å². The van der Waals surface area contributed by atoms with Gasteiger partial charge < -0.3 is 0 Å². The molecule has 0 N–H and O–H groups in total. The van der Waals surface area contributed by atoms with Crippen molar-refractivity contribution in [2.75, 3.05) is 0 Å². The monoisotopic (exact) mass is 209 g/mol. The SMILES string of the molecule is C[C@@H](c1ccccc1)c1cc(C#N)ncn1. The van der Waals surface area contributed by atoms with E-state index >= 15 is 0 Å². The molecule has 0 fully saturated rings. The number of hydrogen-bond acceptors (Lipinski definition) is 3. The van der Waals surface area contributed by atoms with E-state index in [1.165, 1.54) is 11.9 Å². The van der Waals surface area contributed by atoms with E-state index in [0.29, 0.717) is 5.69 Å². The minimum absolute atomic E-state index is 0.177. The molecule has 0 aliphatic rings. The molecular weight excluding hydrogens is 198 g/mol. The van der Waals surface area contributed by atoms with Crippen LogP contribution in [0.25, 0.3) is 0 Å². The molecule has 1 atom stereocenters. The van der Waals surface area contributed by atoms with Gasteiger partial charge in [-0.3, -0.25) is 0 Å². The van der Waals surface area contributed by atoms with Gasteiger partial charge in [-0.25, -0.2) is 9.97 Å². The Labute approximate surface area is 94.4 Å². The fourth-order valence-corrected chi connectivity index (χ4v) is 1.58. The van der Waals surface area contributed by atoms with Crippen LogP contribution in [0.1, 0.15) is 29.8 Å². The molecule has 0 bridgehead atoms. The predicted octanol–water partition coefficient (Wildman–Crippen LogP) is 2.50. The highest BCUT2D eigenvalue weighted by atomic mass is 14.8. The third-order valence-electron chi connectivity index (χ3n) is 2.55. The van der Waals surface area contributed by atoms with E-state index in [9.17, 15) is 0 Å². The van der Waals surface area contributed by atoms with E-state index in [0.717, 1.165) is 5.69 Å². The van der Waals surface area contributed by atoms with Gasteiger partial charge in [-0.2, -0.15) is 5.26 Å². The number of rotatable bonds is 2. The summed E-state index contributed by atoms with van der Waals surface area (Å²) >= 11 is 0. The quantitative estimate of drug-likeness (QED) is 0.763. The first-order chi connectivity index (χ1) is 7.81. The largest absolute Gasteiger partial charge is 0.241 e. The van der Waals surface area contributed by atoms with Crippen molar-refractivity contribution in [3.05, 3.63) is 59.7 Å². The van der Waals surface area contributed by atoms with E-state index in [4.69, 9.17) is 5.26 Å². The summed E-state index contributed by atoms with van der Waals surface area (Å²) in [6.07, 6.45) is 1.44. The van der Waals surface area contributed by atoms with Crippen LogP contribution in [0.5, 0.6) is 0 Å². The summed E-state index contributed by atoms with van der Waals surface area (Å²) in [5.41, 5.74) is 2.47. The second-order valence-corrected chi connectivity index (χ2v) is 3.57. The standard InChI is InChI=1S/C13H11N3/c1-10(11-5-3-2-4-6-11)13-7-12(8-14)15-9-16-13/h2-7,9-10H,1H3/t10-/m0/s1. The molecule has 3 nitrogen and oxygen atoms in total. The summed E-state index contributed by atoms with van der Waals surface area (Å²) in [5.74, 6) is 0.177. The molecule has 1 aromatic carbocycles. The van der Waals surface area contributed by atoms with Crippen molar-refractivity contribution in [2.45, 2.75) is 12.8 Å². The average Bonchev–Trinajstić information content (AvgIpc) is 2.39. The molecule has 0 aliphatic heterocycles. The van der Waals surface area contributed by atoms with Crippen LogP contribution in [0.4, 0.5) is 0 Å². The first-order valence-electron chi connectivity index (χ1n) is 5.08. The maximum absolute atomic E-state index is 8.77. The van der Waals surface area contributed by atoms with Crippen molar-refractivity contribution in [3.8, 4) is 6.07 Å². The molecule has 78 valence electrons. The van der Waals surface area contributed by atoms with E-state index in [2.05, 4.69) is 29.0 Å². The highest BCUT2D eigenvalue weighted by Gasteiger charge is 2.09. The number of nitrogens with zero attached hydrogens (tertiary/aromatic N) is 3. The molecular formula is C13H11N3. The Morgan fingerprint density at radius 2 is 1.94 bits per heavy atom. The van der Waals surface area contributed by atoms with Gasteiger partial charge in [-0.15, -0.1) is 0 Å². The summed E-state index contributed by atoms with van der Waals surface area (Å²) in [4.78, 5) is 8.06. The molecule has 0 amide bonds. The molecule has 3 heteroatoms. The summed E-state index contributed by atoms with van der Waals surface area (Å²) < 4.78 is 0. The Hall–Kier alpha value is -2.21. The Morgan fingerprint density at radius 3 is 2.62 bits per heavy atom. The maximum Gasteiger partial charge on any atom is 0.144 e. The van der Waals surface area contributed by atoms with Gasteiger partial charge in [0, 0.05) is 5.92 Å². The molecule has 1 heterocycles. The van der Waals surface area contributed by atoms with E-state index in [1.54, 1.807) is 6.07 Å². The predicted molar refractivity (Wildman–Crippen MR) is 60.7 cm³/mol. The molecule has 2 aromatic rings. The lowest BCUT2D eigenvalue weighted by Crippen LogP contribution is -2.00.